The van der Waals surface area contributed by atoms with Crippen LogP contribution < -0.4 is 14.8 Å². The fourth-order valence-corrected chi connectivity index (χ4v) is 1.76. The summed E-state index contributed by atoms with van der Waals surface area (Å²) in [5, 5.41) is 3.26. The molecule has 1 heterocycles. The van der Waals surface area contributed by atoms with E-state index < -0.39 is 0 Å². The average Bonchev–Trinajstić information content (AvgIpc) is 2.92. The maximum Gasteiger partial charge on any atom is 0.180 e. The number of ether oxygens (including phenoxy) is 2. The van der Waals surface area contributed by atoms with Crippen LogP contribution in [0, 0.1) is 0 Å². The maximum absolute atomic E-state index is 5.77. The summed E-state index contributed by atoms with van der Waals surface area (Å²) >= 11 is 0. The SMILES string of the molecule is CCOc1ccc(NCc2cnco2)cc1OC(C)C. The van der Waals surface area contributed by atoms with Gasteiger partial charge in [0.2, 0.25) is 0 Å². The maximum atomic E-state index is 5.77. The Hall–Kier alpha value is -2.17. The largest absolute Gasteiger partial charge is 0.490 e. The van der Waals surface area contributed by atoms with E-state index >= 15 is 0 Å². The molecule has 0 aliphatic carbocycles. The minimum atomic E-state index is 0.0960. The van der Waals surface area contributed by atoms with Gasteiger partial charge < -0.3 is 19.2 Å². The Balaban J connectivity index is 2.09. The summed E-state index contributed by atoms with van der Waals surface area (Å²) in [7, 11) is 0. The van der Waals surface area contributed by atoms with Gasteiger partial charge in [-0.05, 0) is 32.9 Å². The van der Waals surface area contributed by atoms with Crippen molar-refractivity contribution in [3.05, 3.63) is 36.5 Å². The first kappa shape index (κ1) is 14.2. The molecular formula is C15H20N2O3. The second-order valence-electron chi connectivity index (χ2n) is 4.58. The van der Waals surface area contributed by atoms with Crippen molar-refractivity contribution in [2.24, 2.45) is 0 Å². The Morgan fingerprint density at radius 3 is 2.80 bits per heavy atom. The van der Waals surface area contributed by atoms with Gasteiger partial charge in [-0.15, -0.1) is 0 Å². The normalized spacial score (nSPS) is 10.6. The minimum Gasteiger partial charge on any atom is -0.490 e. The van der Waals surface area contributed by atoms with E-state index in [1.165, 1.54) is 6.39 Å². The molecule has 0 unspecified atom stereocenters. The predicted molar refractivity (Wildman–Crippen MR) is 77.2 cm³/mol. The highest BCUT2D eigenvalue weighted by atomic mass is 16.5. The zero-order chi connectivity index (χ0) is 14.4. The van der Waals surface area contributed by atoms with Crippen molar-refractivity contribution in [1.82, 2.24) is 4.98 Å². The number of aromatic nitrogens is 1. The third-order valence-corrected chi connectivity index (χ3v) is 2.56. The molecule has 0 amide bonds. The molecule has 2 rings (SSSR count). The van der Waals surface area contributed by atoms with Crippen LogP contribution >= 0.6 is 0 Å². The van der Waals surface area contributed by atoms with Crippen molar-refractivity contribution in [2.45, 2.75) is 33.4 Å². The lowest BCUT2D eigenvalue weighted by atomic mass is 10.2. The second-order valence-corrected chi connectivity index (χ2v) is 4.58. The number of anilines is 1. The molecule has 0 radical (unpaired) electrons. The van der Waals surface area contributed by atoms with Gasteiger partial charge in [0.15, 0.2) is 17.9 Å². The molecular weight excluding hydrogens is 256 g/mol. The van der Waals surface area contributed by atoms with E-state index in [2.05, 4.69) is 10.3 Å². The molecule has 20 heavy (non-hydrogen) atoms. The third kappa shape index (κ3) is 3.91. The molecule has 0 spiro atoms. The Morgan fingerprint density at radius 2 is 2.15 bits per heavy atom. The molecule has 2 aromatic rings. The van der Waals surface area contributed by atoms with Gasteiger partial charge in [0, 0.05) is 11.8 Å². The summed E-state index contributed by atoms with van der Waals surface area (Å²) in [6, 6.07) is 5.79. The summed E-state index contributed by atoms with van der Waals surface area (Å²) in [4.78, 5) is 3.88. The smallest absolute Gasteiger partial charge is 0.180 e. The van der Waals surface area contributed by atoms with Crippen LogP contribution in [-0.2, 0) is 6.54 Å². The number of rotatable bonds is 7. The molecule has 1 aromatic carbocycles. The molecule has 1 N–H and O–H groups in total. The van der Waals surface area contributed by atoms with Crippen LogP contribution in [0.1, 0.15) is 26.5 Å². The van der Waals surface area contributed by atoms with Gasteiger partial charge in [0.25, 0.3) is 0 Å². The summed E-state index contributed by atoms with van der Waals surface area (Å²) in [6.45, 7) is 7.12. The molecule has 0 atom stereocenters. The van der Waals surface area contributed by atoms with E-state index in [0.717, 1.165) is 22.9 Å². The van der Waals surface area contributed by atoms with Gasteiger partial charge in [0.05, 0.1) is 25.5 Å². The lowest BCUT2D eigenvalue weighted by Gasteiger charge is -2.16. The van der Waals surface area contributed by atoms with Crippen LogP contribution in [0.3, 0.4) is 0 Å². The van der Waals surface area contributed by atoms with Gasteiger partial charge in [0.1, 0.15) is 5.76 Å². The Kier molecular flexibility index (Phi) is 4.87. The highest BCUT2D eigenvalue weighted by Gasteiger charge is 2.08. The summed E-state index contributed by atoms with van der Waals surface area (Å²) in [5.41, 5.74) is 0.945. The average molecular weight is 276 g/mol. The van der Waals surface area contributed by atoms with Gasteiger partial charge in [-0.1, -0.05) is 0 Å². The topological polar surface area (TPSA) is 56.5 Å². The molecule has 5 nitrogen and oxygen atoms in total. The number of hydrogen-bond acceptors (Lipinski definition) is 5. The van der Waals surface area contributed by atoms with Crippen molar-refractivity contribution in [3.8, 4) is 11.5 Å². The monoisotopic (exact) mass is 276 g/mol. The molecule has 0 fully saturated rings. The third-order valence-electron chi connectivity index (χ3n) is 2.56. The molecule has 5 heteroatoms. The number of oxazole rings is 1. The van der Waals surface area contributed by atoms with E-state index in [0.29, 0.717) is 13.2 Å². The van der Waals surface area contributed by atoms with Gasteiger partial charge in [-0.2, -0.15) is 0 Å². The Bertz CT molecular complexity index is 524. The molecule has 0 saturated carbocycles. The number of nitrogens with one attached hydrogen (secondary N) is 1. The standard InChI is InChI=1S/C15H20N2O3/c1-4-18-14-6-5-12(7-15(14)20-11(2)3)17-9-13-8-16-10-19-13/h5-8,10-11,17H,4,9H2,1-3H3. The highest BCUT2D eigenvalue weighted by Crippen LogP contribution is 2.31. The van der Waals surface area contributed by atoms with Crippen molar-refractivity contribution in [2.75, 3.05) is 11.9 Å². The van der Waals surface area contributed by atoms with Crippen LogP contribution in [0.15, 0.2) is 35.2 Å². The van der Waals surface area contributed by atoms with Gasteiger partial charge >= 0.3 is 0 Å². The lowest BCUT2D eigenvalue weighted by Crippen LogP contribution is -2.08. The van der Waals surface area contributed by atoms with Crippen LogP contribution in [0.4, 0.5) is 5.69 Å². The molecule has 0 aliphatic heterocycles. The quantitative estimate of drug-likeness (QED) is 0.839. The Labute approximate surface area is 118 Å². The predicted octanol–water partition coefficient (Wildman–Crippen LogP) is 3.47. The van der Waals surface area contributed by atoms with Crippen LogP contribution in [-0.4, -0.2) is 17.7 Å². The van der Waals surface area contributed by atoms with E-state index in [1.54, 1.807) is 6.20 Å². The first-order valence-electron chi connectivity index (χ1n) is 6.73. The highest BCUT2D eigenvalue weighted by molar-refractivity contribution is 5.54. The van der Waals surface area contributed by atoms with E-state index in [-0.39, 0.29) is 6.10 Å². The molecule has 0 saturated heterocycles. The fraction of sp³-hybridized carbons (Fsp3) is 0.400. The number of hydrogen-bond donors (Lipinski definition) is 1. The Morgan fingerprint density at radius 1 is 1.30 bits per heavy atom. The van der Waals surface area contributed by atoms with Crippen molar-refractivity contribution >= 4 is 5.69 Å². The number of benzene rings is 1. The van der Waals surface area contributed by atoms with E-state index in [4.69, 9.17) is 13.9 Å². The van der Waals surface area contributed by atoms with Crippen LogP contribution in [0.25, 0.3) is 0 Å². The molecule has 0 bridgehead atoms. The summed E-state index contributed by atoms with van der Waals surface area (Å²) < 4.78 is 16.5. The molecule has 108 valence electrons. The lowest BCUT2D eigenvalue weighted by molar-refractivity contribution is 0.224. The first-order valence-corrected chi connectivity index (χ1v) is 6.73. The molecule has 1 aromatic heterocycles. The second kappa shape index (κ2) is 6.84. The number of nitrogens with zero attached hydrogens (tertiary/aromatic N) is 1. The minimum absolute atomic E-state index is 0.0960. The first-order chi connectivity index (χ1) is 9.69. The van der Waals surface area contributed by atoms with Crippen LogP contribution in [0.2, 0.25) is 0 Å². The van der Waals surface area contributed by atoms with Crippen molar-refractivity contribution in [3.63, 3.8) is 0 Å². The van der Waals surface area contributed by atoms with Gasteiger partial charge in [-0.3, -0.25) is 0 Å². The fourth-order valence-electron chi connectivity index (χ4n) is 1.76. The van der Waals surface area contributed by atoms with Gasteiger partial charge in [-0.25, -0.2) is 4.98 Å². The van der Waals surface area contributed by atoms with Crippen molar-refractivity contribution in [1.29, 1.82) is 0 Å². The zero-order valence-electron chi connectivity index (χ0n) is 12.1. The zero-order valence-corrected chi connectivity index (χ0v) is 12.1. The van der Waals surface area contributed by atoms with Crippen LogP contribution in [0.5, 0.6) is 11.5 Å². The van der Waals surface area contributed by atoms with E-state index in [1.807, 2.05) is 39.0 Å². The van der Waals surface area contributed by atoms with E-state index in [9.17, 15) is 0 Å². The summed E-state index contributed by atoms with van der Waals surface area (Å²) in [6.07, 6.45) is 3.20. The molecule has 0 aliphatic rings. The van der Waals surface area contributed by atoms with Crippen molar-refractivity contribution < 1.29 is 13.9 Å². The summed E-state index contributed by atoms with van der Waals surface area (Å²) in [5.74, 6) is 2.28.